The van der Waals surface area contributed by atoms with E-state index < -0.39 is 0 Å². The molecule has 1 aromatic carbocycles. The van der Waals surface area contributed by atoms with Crippen molar-refractivity contribution in [1.82, 2.24) is 4.98 Å². The van der Waals surface area contributed by atoms with Gasteiger partial charge in [-0.1, -0.05) is 30.8 Å². The highest BCUT2D eigenvalue weighted by Gasteiger charge is 2.06. The van der Waals surface area contributed by atoms with Crippen molar-refractivity contribution in [2.75, 3.05) is 0 Å². The molecule has 2 nitrogen and oxygen atoms in total. The molecule has 0 saturated carbocycles. The van der Waals surface area contributed by atoms with Crippen LogP contribution in [0.4, 0.5) is 0 Å². The Morgan fingerprint density at radius 2 is 2.06 bits per heavy atom. The summed E-state index contributed by atoms with van der Waals surface area (Å²) in [4.78, 5) is 6.72. The lowest BCUT2D eigenvalue weighted by molar-refractivity contribution is 0.674. The number of hydrogen-bond acceptors (Lipinski definition) is 3. The van der Waals surface area contributed by atoms with Gasteiger partial charge >= 0.3 is 0 Å². The first kappa shape index (κ1) is 13.6. The fourth-order valence-electron chi connectivity index (χ4n) is 1.54. The average Bonchev–Trinajstić information content (AvgIpc) is 2.41. The number of halogens is 1. The largest absolute Gasteiger partial charge is 0.323 e. The second-order valence-electron chi connectivity index (χ2n) is 3.97. The van der Waals surface area contributed by atoms with Gasteiger partial charge in [-0.2, -0.15) is 0 Å². The van der Waals surface area contributed by atoms with Crippen molar-refractivity contribution in [3.63, 3.8) is 0 Å². The summed E-state index contributed by atoms with van der Waals surface area (Å²) < 4.78 is 1.10. The Hall–Kier alpha value is -0.840. The number of aromatic nitrogens is 1. The van der Waals surface area contributed by atoms with Crippen molar-refractivity contribution in [2.45, 2.75) is 29.2 Å². The molecule has 94 valence electrons. The maximum Gasteiger partial charge on any atom is 0.0571 e. The Balaban J connectivity index is 2.14. The van der Waals surface area contributed by atoms with E-state index in [1.807, 2.05) is 30.5 Å². The molecule has 2 N–H and O–H groups in total. The Morgan fingerprint density at radius 3 is 2.67 bits per heavy atom. The van der Waals surface area contributed by atoms with Gasteiger partial charge in [0.25, 0.3) is 0 Å². The van der Waals surface area contributed by atoms with E-state index in [1.54, 1.807) is 11.8 Å². The Bertz CT molecular complexity index is 513. The molecule has 0 amide bonds. The molecule has 18 heavy (non-hydrogen) atoms. The molecule has 4 heteroatoms. The number of nitrogens with zero attached hydrogens (tertiary/aromatic N) is 1. The Morgan fingerprint density at radius 1 is 1.28 bits per heavy atom. The molecule has 1 aromatic heterocycles. The standard InChI is InChI=1S/C14H15BrN2S/c1-2-12(16)13-8-7-10(9-17-13)18-14-6-4-3-5-11(14)15/h3-9,12H,2,16H2,1H3. The van der Waals surface area contributed by atoms with Crippen LogP contribution >= 0.6 is 27.7 Å². The minimum absolute atomic E-state index is 0.0347. The Kier molecular flexibility index (Phi) is 4.80. The van der Waals surface area contributed by atoms with Crippen LogP contribution in [0, 0.1) is 0 Å². The van der Waals surface area contributed by atoms with Gasteiger partial charge in [-0.05, 0) is 46.6 Å². The van der Waals surface area contributed by atoms with E-state index in [0.29, 0.717) is 0 Å². The van der Waals surface area contributed by atoms with Gasteiger partial charge in [-0.15, -0.1) is 0 Å². The molecule has 0 aliphatic heterocycles. The minimum Gasteiger partial charge on any atom is -0.323 e. The maximum atomic E-state index is 5.94. The van der Waals surface area contributed by atoms with Crippen molar-refractivity contribution in [2.24, 2.45) is 5.73 Å². The highest BCUT2D eigenvalue weighted by Crippen LogP contribution is 2.33. The van der Waals surface area contributed by atoms with Crippen LogP contribution in [0.3, 0.4) is 0 Å². The topological polar surface area (TPSA) is 38.9 Å². The quantitative estimate of drug-likeness (QED) is 0.906. The van der Waals surface area contributed by atoms with Crippen molar-refractivity contribution in [3.8, 4) is 0 Å². The third kappa shape index (κ3) is 3.34. The highest BCUT2D eigenvalue weighted by atomic mass is 79.9. The summed E-state index contributed by atoms with van der Waals surface area (Å²) >= 11 is 5.23. The van der Waals surface area contributed by atoms with E-state index in [1.165, 1.54) is 4.90 Å². The van der Waals surface area contributed by atoms with Gasteiger partial charge in [0.15, 0.2) is 0 Å². The van der Waals surface area contributed by atoms with Crippen molar-refractivity contribution < 1.29 is 0 Å². The van der Waals surface area contributed by atoms with E-state index in [0.717, 1.165) is 21.5 Å². The van der Waals surface area contributed by atoms with E-state index in [2.05, 4.69) is 40.0 Å². The van der Waals surface area contributed by atoms with E-state index in [4.69, 9.17) is 5.73 Å². The van der Waals surface area contributed by atoms with Crippen LogP contribution in [0.1, 0.15) is 25.1 Å². The smallest absolute Gasteiger partial charge is 0.0571 e. The molecule has 0 aliphatic carbocycles. The summed E-state index contributed by atoms with van der Waals surface area (Å²) in [5.74, 6) is 0. The van der Waals surface area contributed by atoms with E-state index >= 15 is 0 Å². The first-order valence-corrected chi connectivity index (χ1v) is 7.45. The van der Waals surface area contributed by atoms with Crippen molar-refractivity contribution in [1.29, 1.82) is 0 Å². The van der Waals surface area contributed by atoms with Gasteiger partial charge in [0.05, 0.1) is 5.69 Å². The first-order valence-electron chi connectivity index (χ1n) is 5.84. The number of nitrogens with two attached hydrogens (primary N) is 1. The van der Waals surface area contributed by atoms with Gasteiger partial charge < -0.3 is 5.73 Å². The molecular formula is C14H15BrN2S. The summed E-state index contributed by atoms with van der Waals surface area (Å²) in [5.41, 5.74) is 6.90. The zero-order chi connectivity index (χ0) is 13.0. The van der Waals surface area contributed by atoms with E-state index in [9.17, 15) is 0 Å². The second-order valence-corrected chi connectivity index (χ2v) is 5.94. The van der Waals surface area contributed by atoms with Crippen LogP contribution in [0.5, 0.6) is 0 Å². The molecule has 0 radical (unpaired) electrons. The van der Waals surface area contributed by atoms with Gasteiger partial charge in [0.2, 0.25) is 0 Å². The monoisotopic (exact) mass is 322 g/mol. The van der Waals surface area contributed by atoms with Crippen LogP contribution in [0.2, 0.25) is 0 Å². The van der Waals surface area contributed by atoms with Crippen LogP contribution in [-0.4, -0.2) is 4.98 Å². The fourth-order valence-corrected chi connectivity index (χ4v) is 2.87. The minimum atomic E-state index is 0.0347. The van der Waals surface area contributed by atoms with Gasteiger partial charge in [0, 0.05) is 26.5 Å². The molecule has 0 fully saturated rings. The van der Waals surface area contributed by atoms with Crippen molar-refractivity contribution >= 4 is 27.7 Å². The first-order chi connectivity index (χ1) is 8.70. The summed E-state index contributed by atoms with van der Waals surface area (Å²) in [7, 11) is 0. The van der Waals surface area contributed by atoms with Crippen molar-refractivity contribution in [3.05, 3.63) is 52.8 Å². The molecule has 1 heterocycles. The maximum absolute atomic E-state index is 5.94. The number of hydrogen-bond donors (Lipinski definition) is 1. The molecular weight excluding hydrogens is 308 g/mol. The van der Waals surface area contributed by atoms with Gasteiger partial charge in [-0.3, -0.25) is 4.98 Å². The fraction of sp³-hybridized carbons (Fsp3) is 0.214. The third-order valence-corrected chi connectivity index (χ3v) is 4.65. The van der Waals surface area contributed by atoms with E-state index in [-0.39, 0.29) is 6.04 Å². The second kappa shape index (κ2) is 6.36. The third-order valence-electron chi connectivity index (χ3n) is 2.64. The summed E-state index contributed by atoms with van der Waals surface area (Å²) in [6.45, 7) is 2.07. The van der Waals surface area contributed by atoms with Crippen LogP contribution in [-0.2, 0) is 0 Å². The number of pyridine rings is 1. The van der Waals surface area contributed by atoms with Crippen LogP contribution in [0.25, 0.3) is 0 Å². The molecule has 0 aliphatic rings. The lowest BCUT2D eigenvalue weighted by Crippen LogP contribution is -2.10. The molecule has 1 unspecified atom stereocenters. The zero-order valence-electron chi connectivity index (χ0n) is 10.1. The van der Waals surface area contributed by atoms with Gasteiger partial charge in [-0.25, -0.2) is 0 Å². The number of benzene rings is 1. The molecule has 1 atom stereocenters. The molecule has 0 bridgehead atoms. The molecule has 2 aromatic rings. The molecule has 2 rings (SSSR count). The average molecular weight is 323 g/mol. The Labute approximate surface area is 120 Å². The number of rotatable bonds is 4. The summed E-state index contributed by atoms with van der Waals surface area (Å²) in [6, 6.07) is 12.3. The lowest BCUT2D eigenvalue weighted by Gasteiger charge is -2.09. The predicted molar refractivity (Wildman–Crippen MR) is 79.7 cm³/mol. The van der Waals surface area contributed by atoms with Gasteiger partial charge in [0.1, 0.15) is 0 Å². The summed E-state index contributed by atoms with van der Waals surface area (Å²) in [5, 5.41) is 0. The predicted octanol–water partition coefficient (Wildman–Crippen LogP) is 4.41. The highest BCUT2D eigenvalue weighted by molar-refractivity contribution is 9.10. The summed E-state index contributed by atoms with van der Waals surface area (Å²) in [6.07, 6.45) is 2.79. The van der Waals surface area contributed by atoms with Crippen LogP contribution in [0.15, 0.2) is 56.9 Å². The van der Waals surface area contributed by atoms with Crippen LogP contribution < -0.4 is 5.73 Å². The molecule has 0 saturated heterocycles. The zero-order valence-corrected chi connectivity index (χ0v) is 12.5. The normalized spacial score (nSPS) is 12.4. The SMILES string of the molecule is CCC(N)c1ccc(Sc2ccccc2Br)cn1. The molecule has 0 spiro atoms. The lowest BCUT2D eigenvalue weighted by atomic mass is 10.1.